The van der Waals surface area contributed by atoms with Gasteiger partial charge in [0.15, 0.2) is 5.76 Å². The number of hydrogen-bond acceptors (Lipinski definition) is 7. The average molecular weight is 510 g/mol. The van der Waals surface area contributed by atoms with Crippen molar-refractivity contribution >= 4 is 16.9 Å². The number of benzene rings is 2. The molecule has 0 bridgehead atoms. The maximum atomic E-state index is 13.1. The summed E-state index contributed by atoms with van der Waals surface area (Å²) in [7, 11) is 0. The molecule has 9 heteroatoms. The van der Waals surface area contributed by atoms with Gasteiger partial charge in [-0.05, 0) is 37.1 Å². The Labute approximate surface area is 216 Å². The number of H-pyrrole nitrogens is 1. The number of aliphatic hydroxyl groups excluding tert-OH is 1. The summed E-state index contributed by atoms with van der Waals surface area (Å²) in [6, 6.07) is 17.8. The molecule has 0 radical (unpaired) electrons. The van der Waals surface area contributed by atoms with Gasteiger partial charge in [-0.2, -0.15) is 0 Å². The number of nitrogens with zero attached hydrogens (tertiary/aromatic N) is 1. The summed E-state index contributed by atoms with van der Waals surface area (Å²) in [6.45, 7) is 4.26. The van der Waals surface area contributed by atoms with Crippen LogP contribution in [-0.4, -0.2) is 66.9 Å². The number of ether oxygens (including phenoxy) is 4. The van der Waals surface area contributed by atoms with Crippen LogP contribution in [0.4, 0.5) is 0 Å². The first-order valence-corrected chi connectivity index (χ1v) is 12.7. The predicted molar refractivity (Wildman–Crippen MR) is 139 cm³/mol. The van der Waals surface area contributed by atoms with E-state index >= 15 is 0 Å². The quantitative estimate of drug-likeness (QED) is 0.286. The monoisotopic (exact) mass is 509 g/mol. The van der Waals surface area contributed by atoms with Crippen molar-refractivity contribution in [3.05, 3.63) is 77.8 Å². The highest BCUT2D eigenvalue weighted by Crippen LogP contribution is 2.38. The fraction of sp³-hybridized carbons (Fsp3) is 0.429. The van der Waals surface area contributed by atoms with Crippen LogP contribution in [0.2, 0.25) is 0 Å². The van der Waals surface area contributed by atoms with Crippen molar-refractivity contribution in [3.63, 3.8) is 0 Å². The Morgan fingerprint density at radius 1 is 1.05 bits per heavy atom. The van der Waals surface area contributed by atoms with Gasteiger partial charge in [-0.15, -0.1) is 0 Å². The minimum absolute atomic E-state index is 0.00523. The second-order valence-corrected chi connectivity index (χ2v) is 8.69. The first-order chi connectivity index (χ1) is 18.2. The van der Waals surface area contributed by atoms with Crippen LogP contribution in [0, 0.1) is 5.92 Å². The Morgan fingerprint density at radius 2 is 1.81 bits per heavy atom. The van der Waals surface area contributed by atoms with Gasteiger partial charge in [0.25, 0.3) is 5.91 Å². The number of fused-ring (bicyclic) bond motifs is 1. The van der Waals surface area contributed by atoms with E-state index in [9.17, 15) is 4.79 Å². The van der Waals surface area contributed by atoms with Gasteiger partial charge in [0.1, 0.15) is 5.82 Å². The lowest BCUT2D eigenvalue weighted by atomic mass is 9.81. The van der Waals surface area contributed by atoms with Gasteiger partial charge >= 0.3 is 0 Å². The minimum atomic E-state index is -0.596. The number of amides is 1. The second kappa shape index (κ2) is 13.9. The minimum Gasteiger partial charge on any atom is -0.459 e. The topological polar surface area (TPSA) is 115 Å². The molecule has 4 rings (SSSR count). The summed E-state index contributed by atoms with van der Waals surface area (Å²) in [5.41, 5.74) is 2.85. The van der Waals surface area contributed by atoms with Gasteiger partial charge in [0.2, 0.25) is 6.29 Å². The Hall–Kier alpha value is -3.24. The van der Waals surface area contributed by atoms with Gasteiger partial charge in [0.05, 0.1) is 44.0 Å². The first kappa shape index (κ1) is 26.8. The van der Waals surface area contributed by atoms with Crippen LogP contribution in [0.5, 0.6) is 0 Å². The first-order valence-electron chi connectivity index (χ1n) is 12.7. The molecule has 0 aliphatic carbocycles. The number of carbonyl (C=O) groups is 1. The number of allylic oxidation sites excluding steroid dienone is 1. The Bertz CT molecular complexity index is 1120. The SMILES string of the molecule is CCOC1OC(C(=O)NCc2nc3ccccc3[nH]2)=CC(c2ccccc2)C1CCOCCOCCO. The van der Waals surface area contributed by atoms with Crippen molar-refractivity contribution in [1.29, 1.82) is 0 Å². The van der Waals surface area contributed by atoms with Crippen molar-refractivity contribution in [2.75, 3.05) is 39.6 Å². The highest BCUT2D eigenvalue weighted by Gasteiger charge is 2.38. The summed E-state index contributed by atoms with van der Waals surface area (Å²) >= 11 is 0. The summed E-state index contributed by atoms with van der Waals surface area (Å²) in [4.78, 5) is 20.9. The Morgan fingerprint density at radius 3 is 2.57 bits per heavy atom. The largest absolute Gasteiger partial charge is 0.459 e. The van der Waals surface area contributed by atoms with E-state index in [-0.39, 0.29) is 36.7 Å². The lowest BCUT2D eigenvalue weighted by molar-refractivity contribution is -0.168. The smallest absolute Gasteiger partial charge is 0.286 e. The van der Waals surface area contributed by atoms with E-state index in [1.54, 1.807) is 0 Å². The summed E-state index contributed by atoms with van der Waals surface area (Å²) in [5.74, 6) is 0.449. The Kier molecular flexibility index (Phi) is 10.1. The molecule has 1 aliphatic rings. The van der Waals surface area contributed by atoms with Gasteiger partial charge in [-0.25, -0.2) is 4.98 Å². The number of carbonyl (C=O) groups excluding carboxylic acids is 1. The second-order valence-electron chi connectivity index (χ2n) is 8.69. The molecule has 3 atom stereocenters. The average Bonchev–Trinajstić information content (AvgIpc) is 3.35. The number of para-hydroxylation sites is 2. The molecule has 1 amide bonds. The van der Waals surface area contributed by atoms with E-state index in [1.165, 1.54) is 0 Å². The van der Waals surface area contributed by atoms with Crippen molar-refractivity contribution < 1.29 is 28.8 Å². The number of rotatable bonds is 14. The van der Waals surface area contributed by atoms with E-state index in [1.807, 2.05) is 55.5 Å². The molecule has 37 heavy (non-hydrogen) atoms. The zero-order valence-corrected chi connectivity index (χ0v) is 21.1. The van der Waals surface area contributed by atoms with Crippen LogP contribution in [0.25, 0.3) is 11.0 Å². The van der Waals surface area contributed by atoms with Gasteiger partial charge in [0, 0.05) is 25.0 Å². The van der Waals surface area contributed by atoms with E-state index in [2.05, 4.69) is 27.4 Å². The van der Waals surface area contributed by atoms with Crippen molar-refractivity contribution in [2.45, 2.75) is 32.1 Å². The Balaban J connectivity index is 1.45. The van der Waals surface area contributed by atoms with Crippen molar-refractivity contribution in [2.24, 2.45) is 5.92 Å². The standard InChI is InChI=1S/C28H35N3O6/c1-2-36-28-21(12-14-34-16-17-35-15-13-32)22(20-8-4-3-5-9-20)18-25(37-28)27(33)29-19-26-30-23-10-6-7-11-24(23)31-26/h3-11,18,21-22,28,32H,2,12-17,19H2,1H3,(H,29,33)(H,30,31). The third-order valence-electron chi connectivity index (χ3n) is 6.18. The van der Waals surface area contributed by atoms with E-state index in [0.717, 1.165) is 16.6 Å². The molecule has 0 saturated carbocycles. The van der Waals surface area contributed by atoms with E-state index in [4.69, 9.17) is 24.1 Å². The van der Waals surface area contributed by atoms with Crippen LogP contribution in [0.1, 0.15) is 30.7 Å². The zero-order chi connectivity index (χ0) is 25.9. The number of aromatic amines is 1. The molecule has 9 nitrogen and oxygen atoms in total. The third-order valence-corrected chi connectivity index (χ3v) is 6.18. The maximum Gasteiger partial charge on any atom is 0.286 e. The molecule has 0 spiro atoms. The molecular weight excluding hydrogens is 474 g/mol. The van der Waals surface area contributed by atoms with Crippen LogP contribution in [0.3, 0.4) is 0 Å². The van der Waals surface area contributed by atoms with Gasteiger partial charge in [-0.3, -0.25) is 4.79 Å². The number of hydrogen-bond donors (Lipinski definition) is 3. The summed E-state index contributed by atoms with van der Waals surface area (Å²) in [5, 5.41) is 11.7. The number of aliphatic hydroxyl groups is 1. The van der Waals surface area contributed by atoms with Crippen LogP contribution in [-0.2, 0) is 30.3 Å². The highest BCUT2D eigenvalue weighted by molar-refractivity contribution is 5.91. The molecular formula is C28H35N3O6. The predicted octanol–water partition coefficient (Wildman–Crippen LogP) is 3.27. The highest BCUT2D eigenvalue weighted by atomic mass is 16.7. The molecule has 1 aromatic heterocycles. The molecule has 3 aromatic rings. The molecule has 198 valence electrons. The molecule has 3 N–H and O–H groups in total. The summed E-state index contributed by atoms with van der Waals surface area (Å²) < 4.78 is 23.1. The molecule has 3 unspecified atom stereocenters. The third kappa shape index (κ3) is 7.39. The molecule has 0 saturated heterocycles. The van der Waals surface area contributed by atoms with Gasteiger partial charge < -0.3 is 34.4 Å². The molecule has 2 aromatic carbocycles. The molecule has 2 heterocycles. The lowest BCUT2D eigenvalue weighted by Crippen LogP contribution is -2.39. The molecule has 1 aliphatic heterocycles. The van der Waals surface area contributed by atoms with Crippen molar-refractivity contribution in [3.8, 4) is 0 Å². The number of aromatic nitrogens is 2. The number of nitrogens with one attached hydrogen (secondary N) is 2. The zero-order valence-electron chi connectivity index (χ0n) is 21.1. The van der Waals surface area contributed by atoms with Crippen LogP contribution < -0.4 is 5.32 Å². The van der Waals surface area contributed by atoms with Crippen LogP contribution in [0.15, 0.2) is 66.4 Å². The van der Waals surface area contributed by atoms with E-state index in [0.29, 0.717) is 45.3 Å². The van der Waals surface area contributed by atoms with Crippen molar-refractivity contribution in [1.82, 2.24) is 15.3 Å². The summed E-state index contributed by atoms with van der Waals surface area (Å²) in [6.07, 6.45) is 1.96. The maximum absolute atomic E-state index is 13.1. The van der Waals surface area contributed by atoms with Gasteiger partial charge in [-0.1, -0.05) is 42.5 Å². The van der Waals surface area contributed by atoms with Crippen LogP contribution >= 0.6 is 0 Å². The fourth-order valence-electron chi connectivity index (χ4n) is 4.44. The fourth-order valence-corrected chi connectivity index (χ4v) is 4.44. The number of imidazole rings is 1. The molecule has 0 fully saturated rings. The lowest BCUT2D eigenvalue weighted by Gasteiger charge is -2.37. The normalized spacial score (nSPS) is 19.4. The van der Waals surface area contributed by atoms with E-state index < -0.39 is 6.29 Å².